The van der Waals surface area contributed by atoms with Gasteiger partial charge >= 0.3 is 16.4 Å². The lowest BCUT2D eigenvalue weighted by Crippen LogP contribution is -2.59. The molecule has 0 saturated heterocycles. The molecule has 4 aliphatic rings. The number of carbonyl (C=O) groups excluding carboxylic acids is 3. The van der Waals surface area contributed by atoms with Crippen molar-refractivity contribution in [1.29, 1.82) is 0 Å². The van der Waals surface area contributed by atoms with Crippen molar-refractivity contribution < 1.29 is 41.4 Å². The van der Waals surface area contributed by atoms with Crippen molar-refractivity contribution in [3.8, 4) is 0 Å². The average molecular weight is 772 g/mol. The van der Waals surface area contributed by atoms with Gasteiger partial charge in [-0.15, -0.1) is 0 Å². The number of carbonyl (C=O) groups is 3. The Labute approximate surface area is 323 Å². The average Bonchev–Trinajstić information content (AvgIpc) is 3.52. The highest BCUT2D eigenvalue weighted by atomic mass is 32.3. The molecule has 3 N–H and O–H groups in total. The van der Waals surface area contributed by atoms with Crippen molar-refractivity contribution in [2.75, 3.05) is 13.2 Å². The predicted octanol–water partition coefficient (Wildman–Crippen LogP) is 7.66. The van der Waals surface area contributed by atoms with E-state index in [1.54, 1.807) is 6.07 Å². The van der Waals surface area contributed by atoms with Gasteiger partial charge in [0.15, 0.2) is 6.61 Å². The normalized spacial score (nSPS) is 32.5. The zero-order chi connectivity index (χ0) is 38.9. The molecule has 294 valence electrons. The van der Waals surface area contributed by atoms with E-state index in [0.29, 0.717) is 42.6 Å². The number of hydrogen-bond acceptors (Lipinski definition) is 8. The molecular formula is C44H53NO9S. The molecule has 0 unspecified atom stereocenters. The van der Waals surface area contributed by atoms with Gasteiger partial charge in [0, 0.05) is 12.0 Å². The lowest BCUT2D eigenvalue weighted by molar-refractivity contribution is -0.173. The van der Waals surface area contributed by atoms with E-state index in [9.17, 15) is 32.5 Å². The smallest absolute Gasteiger partial charge is 0.397 e. The molecule has 0 bridgehead atoms. The molecule has 1 amide bonds. The number of hydrogen-bond donors (Lipinski definition) is 3. The standard InChI is InChI=1S/C44H53NO9S/c1-25(34-16-17-35-33-15-12-29-21-30(54-55(50,51)52)19-20-43(29,2)36(33)22-38(47)44(34,35)3)7-18-39(48)45-23-40(49)53-24-37(46)31-13-10-28-9-8-26-5-4-6-27-11-14-32(31)42(28)41(26)27/h4-6,8-11,13-14,25,29-30,33-36,38,47H,7,12,15-24H2,1-3H3,(H,45,48)(H,50,51,52)/t25-,29-,30-,33+,34-,35+,36+,38+,43+,44-/m1/s1. The molecule has 55 heavy (non-hydrogen) atoms. The first kappa shape index (κ1) is 38.2. The topological polar surface area (TPSA) is 156 Å². The fraction of sp³-hybridized carbons (Fsp3) is 0.568. The highest BCUT2D eigenvalue weighted by molar-refractivity contribution is 7.80. The SMILES string of the molecule is C[C@H](CCC(=O)NCC(=O)OCC(=O)c1ccc2ccc3cccc4ccc1c2c34)[C@H]1CC[C@H]2[C@@H]3CC[C@@H]4C[C@H](OS(=O)(=O)O)CC[C@]4(C)[C@H]3C[C@H](O)[C@]12C. The zero-order valence-corrected chi connectivity index (χ0v) is 32.8. The van der Waals surface area contributed by atoms with Crippen molar-refractivity contribution in [1.82, 2.24) is 5.32 Å². The summed E-state index contributed by atoms with van der Waals surface area (Å²) in [5.74, 6) is 0.756. The molecule has 0 heterocycles. The van der Waals surface area contributed by atoms with Crippen LogP contribution in [0.2, 0.25) is 0 Å². The van der Waals surface area contributed by atoms with Crippen molar-refractivity contribution >= 4 is 60.4 Å². The van der Waals surface area contributed by atoms with Crippen molar-refractivity contribution in [3.05, 3.63) is 60.2 Å². The first-order valence-electron chi connectivity index (χ1n) is 20.1. The quantitative estimate of drug-likeness (QED) is 0.0603. The number of aliphatic hydroxyl groups is 1. The fourth-order valence-electron chi connectivity index (χ4n) is 12.5. The third-order valence-electron chi connectivity index (χ3n) is 15.2. The number of aliphatic hydroxyl groups excluding tert-OH is 1. The molecule has 4 fully saturated rings. The number of esters is 1. The summed E-state index contributed by atoms with van der Waals surface area (Å²) in [4.78, 5) is 38.9. The molecule has 4 aliphatic carbocycles. The molecule has 0 aliphatic heterocycles. The molecule has 0 radical (unpaired) electrons. The zero-order valence-electron chi connectivity index (χ0n) is 32.0. The number of benzene rings is 4. The molecule has 10 nitrogen and oxygen atoms in total. The number of fused-ring (bicyclic) bond motifs is 5. The number of Topliss-reactive ketones (excluding diaryl/α,β-unsaturated/α-hetero) is 1. The van der Waals surface area contributed by atoms with Crippen LogP contribution in [0, 0.1) is 46.3 Å². The maximum Gasteiger partial charge on any atom is 0.397 e. The molecule has 4 aromatic rings. The van der Waals surface area contributed by atoms with Gasteiger partial charge in [-0.1, -0.05) is 75.4 Å². The number of rotatable bonds is 11. The fourth-order valence-corrected chi connectivity index (χ4v) is 13.0. The molecular weight excluding hydrogens is 719 g/mol. The Morgan fingerprint density at radius 1 is 0.891 bits per heavy atom. The Morgan fingerprint density at radius 3 is 2.35 bits per heavy atom. The van der Waals surface area contributed by atoms with Crippen LogP contribution in [0.3, 0.4) is 0 Å². The molecule has 10 atom stereocenters. The summed E-state index contributed by atoms with van der Waals surface area (Å²) in [7, 11) is -4.49. The van der Waals surface area contributed by atoms with Crippen LogP contribution in [0.25, 0.3) is 32.3 Å². The van der Waals surface area contributed by atoms with Crippen molar-refractivity contribution in [2.24, 2.45) is 46.3 Å². The molecule has 4 saturated carbocycles. The summed E-state index contributed by atoms with van der Waals surface area (Å²) < 4.78 is 42.4. The van der Waals surface area contributed by atoms with Crippen molar-refractivity contribution in [3.63, 3.8) is 0 Å². The van der Waals surface area contributed by atoms with Crippen LogP contribution in [0.5, 0.6) is 0 Å². The van der Waals surface area contributed by atoms with Crippen molar-refractivity contribution in [2.45, 2.75) is 97.2 Å². The minimum Gasteiger partial charge on any atom is -0.456 e. The van der Waals surface area contributed by atoms with Gasteiger partial charge in [0.05, 0.1) is 12.2 Å². The lowest BCUT2D eigenvalue weighted by Gasteiger charge is -2.62. The summed E-state index contributed by atoms with van der Waals surface area (Å²) in [5, 5.41) is 20.8. The second kappa shape index (κ2) is 14.4. The van der Waals surface area contributed by atoms with Crippen LogP contribution in [0.15, 0.2) is 54.6 Å². The van der Waals surface area contributed by atoms with Gasteiger partial charge in [-0.05, 0) is 136 Å². The summed E-state index contributed by atoms with van der Waals surface area (Å²) in [5.41, 5.74) is 0.233. The van der Waals surface area contributed by atoms with Gasteiger partial charge in [-0.25, -0.2) is 4.18 Å². The lowest BCUT2D eigenvalue weighted by atomic mass is 9.43. The Kier molecular flexibility index (Phi) is 10.0. The largest absolute Gasteiger partial charge is 0.456 e. The van der Waals surface area contributed by atoms with Crippen LogP contribution in [-0.4, -0.2) is 61.1 Å². The van der Waals surface area contributed by atoms with Crippen LogP contribution in [0.1, 0.15) is 95.3 Å². The summed E-state index contributed by atoms with van der Waals surface area (Å²) in [6.45, 7) is 6.04. The number of ether oxygens (including phenoxy) is 1. The van der Waals surface area contributed by atoms with Gasteiger partial charge in [-0.2, -0.15) is 8.42 Å². The van der Waals surface area contributed by atoms with Gasteiger partial charge in [0.1, 0.15) is 6.54 Å². The van der Waals surface area contributed by atoms with Gasteiger partial charge in [0.2, 0.25) is 11.7 Å². The second-order valence-electron chi connectivity index (χ2n) is 17.7. The third kappa shape index (κ3) is 6.83. The van der Waals surface area contributed by atoms with Gasteiger partial charge in [-0.3, -0.25) is 18.9 Å². The van der Waals surface area contributed by atoms with E-state index in [1.165, 1.54) is 0 Å². The van der Waals surface area contributed by atoms with E-state index in [-0.39, 0.29) is 53.2 Å². The Morgan fingerprint density at radius 2 is 1.60 bits per heavy atom. The summed E-state index contributed by atoms with van der Waals surface area (Å²) >= 11 is 0. The minimum atomic E-state index is -4.49. The van der Waals surface area contributed by atoms with E-state index in [1.807, 2.05) is 24.3 Å². The molecule has 0 spiro atoms. The molecule has 8 rings (SSSR count). The Balaban J connectivity index is 0.826. The molecule has 0 aromatic heterocycles. The first-order valence-corrected chi connectivity index (χ1v) is 21.5. The molecule has 11 heteroatoms. The Hall–Kier alpha value is -3.64. The van der Waals surface area contributed by atoms with Gasteiger partial charge < -0.3 is 15.2 Å². The van der Waals surface area contributed by atoms with Crippen LogP contribution >= 0.6 is 0 Å². The monoisotopic (exact) mass is 771 g/mol. The summed E-state index contributed by atoms with van der Waals surface area (Å²) in [6, 6.07) is 17.9. The Bertz CT molecular complexity index is 2220. The minimum absolute atomic E-state index is 0.00980. The number of amides is 1. The van der Waals surface area contributed by atoms with E-state index < -0.39 is 35.2 Å². The van der Waals surface area contributed by atoms with E-state index in [4.69, 9.17) is 8.92 Å². The van der Waals surface area contributed by atoms with E-state index in [2.05, 4.69) is 50.4 Å². The van der Waals surface area contributed by atoms with E-state index >= 15 is 0 Å². The highest BCUT2D eigenvalue weighted by Crippen LogP contribution is 2.68. The van der Waals surface area contributed by atoms with E-state index in [0.717, 1.165) is 70.8 Å². The maximum absolute atomic E-state index is 13.3. The van der Waals surface area contributed by atoms with Crippen LogP contribution in [-0.2, 0) is 28.9 Å². The second-order valence-corrected chi connectivity index (χ2v) is 18.8. The predicted molar refractivity (Wildman–Crippen MR) is 210 cm³/mol. The third-order valence-corrected chi connectivity index (χ3v) is 15.7. The summed E-state index contributed by atoms with van der Waals surface area (Å²) in [6.07, 6.45) is 6.72. The van der Waals surface area contributed by atoms with Crippen LogP contribution in [0.4, 0.5) is 0 Å². The molecule has 4 aromatic carbocycles. The highest BCUT2D eigenvalue weighted by Gasteiger charge is 2.64. The number of nitrogens with one attached hydrogen (secondary N) is 1. The number of ketones is 1. The first-order chi connectivity index (χ1) is 26.2. The van der Waals surface area contributed by atoms with Gasteiger partial charge in [0.25, 0.3) is 0 Å². The van der Waals surface area contributed by atoms with Crippen LogP contribution < -0.4 is 5.32 Å². The maximum atomic E-state index is 13.3.